The molecule has 1 aromatic heterocycles. The van der Waals surface area contributed by atoms with E-state index in [4.69, 9.17) is 21.1 Å². The van der Waals surface area contributed by atoms with Crippen molar-refractivity contribution in [2.45, 2.75) is 5.54 Å². The molecule has 0 unspecified atom stereocenters. The summed E-state index contributed by atoms with van der Waals surface area (Å²) in [6.45, 7) is -1.39. The van der Waals surface area contributed by atoms with E-state index < -0.39 is 25.4 Å². The van der Waals surface area contributed by atoms with E-state index in [0.717, 1.165) is 0 Å². The van der Waals surface area contributed by atoms with Crippen LogP contribution >= 0.6 is 15.9 Å². The summed E-state index contributed by atoms with van der Waals surface area (Å²) in [5.41, 5.74) is 4.22. The highest BCUT2D eigenvalue weighted by Gasteiger charge is 2.28. The molecule has 0 fully saturated rings. The third-order valence-corrected chi connectivity index (χ3v) is 2.41. The Morgan fingerprint density at radius 2 is 1.81 bits per heavy atom. The molecule has 8 heteroatoms. The largest absolute Gasteiger partial charge is 0.394 e. The van der Waals surface area contributed by atoms with Crippen LogP contribution in [0.4, 0.5) is 11.8 Å². The van der Waals surface area contributed by atoms with E-state index in [9.17, 15) is 0 Å². The van der Waals surface area contributed by atoms with Crippen molar-refractivity contribution in [1.82, 2.24) is 9.97 Å². The zero-order chi connectivity index (χ0) is 12.2. The summed E-state index contributed by atoms with van der Waals surface area (Å²) in [6.07, 6.45) is 0. The molecule has 7 nitrogen and oxygen atoms in total. The number of nitrogens with zero attached hydrogens (tertiary/aromatic N) is 2. The average Bonchev–Trinajstić information content (AvgIpc) is 2.25. The number of anilines is 2. The van der Waals surface area contributed by atoms with Crippen LogP contribution < -0.4 is 11.1 Å². The zero-order valence-corrected chi connectivity index (χ0v) is 9.98. The number of halogens is 1. The van der Waals surface area contributed by atoms with E-state index in [0.29, 0.717) is 4.60 Å². The molecule has 0 bridgehead atoms. The molecule has 0 aliphatic heterocycles. The molecule has 6 N–H and O–H groups in total. The van der Waals surface area contributed by atoms with Crippen molar-refractivity contribution in [3.63, 3.8) is 0 Å². The molecule has 1 aromatic rings. The second kappa shape index (κ2) is 5.39. The summed E-state index contributed by atoms with van der Waals surface area (Å²) >= 11 is 3.13. The van der Waals surface area contributed by atoms with Gasteiger partial charge in [0.2, 0.25) is 5.95 Å². The summed E-state index contributed by atoms with van der Waals surface area (Å²) in [7, 11) is 0. The first kappa shape index (κ1) is 13.1. The molecule has 0 saturated heterocycles. The van der Waals surface area contributed by atoms with Crippen LogP contribution in [0.3, 0.4) is 0 Å². The van der Waals surface area contributed by atoms with Crippen LogP contribution in [-0.2, 0) is 0 Å². The van der Waals surface area contributed by atoms with Crippen molar-refractivity contribution in [2.75, 3.05) is 30.9 Å². The number of rotatable bonds is 5. The summed E-state index contributed by atoms with van der Waals surface area (Å²) < 4.78 is 0.463. The quantitative estimate of drug-likeness (QED) is 0.439. The van der Waals surface area contributed by atoms with Crippen LogP contribution in [0.2, 0.25) is 0 Å². The Bertz CT molecular complexity index is 331. The Hall–Kier alpha value is -0.960. The van der Waals surface area contributed by atoms with Crippen molar-refractivity contribution in [1.29, 1.82) is 0 Å². The smallest absolute Gasteiger partial charge is 0.226 e. The second-order valence-corrected chi connectivity index (χ2v) is 4.13. The third-order valence-electron chi connectivity index (χ3n) is 2.00. The number of nitrogens with one attached hydrogen (secondary N) is 1. The van der Waals surface area contributed by atoms with Crippen LogP contribution in [0.15, 0.2) is 10.7 Å². The third kappa shape index (κ3) is 3.01. The second-order valence-electron chi connectivity index (χ2n) is 3.32. The Morgan fingerprint density at radius 1 is 1.25 bits per heavy atom. The standard InChI is InChI=1S/C8H13BrN4O3/c9-5-1-6(10)12-7(11-5)13-8(2-14,3-15)4-16/h1,14-16H,2-4H2,(H3,10,11,12,13). The Morgan fingerprint density at radius 3 is 2.25 bits per heavy atom. The van der Waals surface area contributed by atoms with Gasteiger partial charge in [-0.3, -0.25) is 0 Å². The Kier molecular flexibility index (Phi) is 4.42. The maximum Gasteiger partial charge on any atom is 0.226 e. The minimum atomic E-state index is -1.27. The van der Waals surface area contributed by atoms with Crippen LogP contribution in [0.25, 0.3) is 0 Å². The number of aliphatic hydroxyl groups is 3. The number of nitrogen functional groups attached to an aromatic ring is 1. The van der Waals surface area contributed by atoms with E-state index in [-0.39, 0.29) is 11.8 Å². The molecular formula is C8H13BrN4O3. The first-order chi connectivity index (χ1) is 7.55. The molecule has 0 atom stereocenters. The van der Waals surface area contributed by atoms with E-state index >= 15 is 0 Å². The highest BCUT2D eigenvalue weighted by Crippen LogP contribution is 2.16. The average molecular weight is 293 g/mol. The van der Waals surface area contributed by atoms with Crippen LogP contribution in [0.1, 0.15) is 0 Å². The highest BCUT2D eigenvalue weighted by molar-refractivity contribution is 9.10. The number of aliphatic hydroxyl groups excluding tert-OH is 3. The topological polar surface area (TPSA) is 125 Å². The minimum Gasteiger partial charge on any atom is -0.394 e. The minimum absolute atomic E-state index is 0.115. The number of hydrogen-bond acceptors (Lipinski definition) is 7. The molecular weight excluding hydrogens is 280 g/mol. The SMILES string of the molecule is Nc1cc(Br)nc(NC(CO)(CO)CO)n1. The van der Waals surface area contributed by atoms with Gasteiger partial charge in [-0.1, -0.05) is 0 Å². The Balaban J connectivity index is 2.93. The summed E-state index contributed by atoms with van der Waals surface area (Å²) in [4.78, 5) is 7.80. The van der Waals surface area contributed by atoms with Gasteiger partial charge in [-0.05, 0) is 15.9 Å². The fraction of sp³-hybridized carbons (Fsp3) is 0.500. The van der Waals surface area contributed by atoms with Crippen LogP contribution in [0, 0.1) is 0 Å². The summed E-state index contributed by atoms with van der Waals surface area (Å²) in [5, 5.41) is 29.9. The van der Waals surface area contributed by atoms with Gasteiger partial charge in [0.15, 0.2) is 0 Å². The van der Waals surface area contributed by atoms with Gasteiger partial charge < -0.3 is 26.4 Å². The van der Waals surface area contributed by atoms with Gasteiger partial charge in [0.05, 0.1) is 19.8 Å². The maximum absolute atomic E-state index is 9.10. The molecule has 0 aliphatic carbocycles. The highest BCUT2D eigenvalue weighted by atomic mass is 79.9. The first-order valence-electron chi connectivity index (χ1n) is 4.46. The van der Waals surface area contributed by atoms with Gasteiger partial charge in [0, 0.05) is 6.07 Å². The van der Waals surface area contributed by atoms with E-state index in [1.807, 2.05) is 0 Å². The molecule has 0 radical (unpaired) electrons. The van der Waals surface area contributed by atoms with E-state index in [1.54, 1.807) is 0 Å². The molecule has 1 heterocycles. The van der Waals surface area contributed by atoms with Crippen molar-refractivity contribution in [3.05, 3.63) is 10.7 Å². The van der Waals surface area contributed by atoms with Gasteiger partial charge in [-0.25, -0.2) is 4.98 Å². The number of nitrogens with two attached hydrogens (primary N) is 1. The molecule has 0 aliphatic rings. The molecule has 90 valence electrons. The predicted octanol–water partition coefficient (Wildman–Crippen LogP) is -1.05. The lowest BCUT2D eigenvalue weighted by molar-refractivity contribution is 0.0828. The fourth-order valence-corrected chi connectivity index (χ4v) is 1.40. The van der Waals surface area contributed by atoms with Gasteiger partial charge >= 0.3 is 0 Å². The summed E-state index contributed by atoms with van der Waals surface area (Å²) in [6, 6.07) is 1.50. The molecule has 0 saturated carbocycles. The maximum atomic E-state index is 9.10. The van der Waals surface area contributed by atoms with Gasteiger partial charge in [-0.2, -0.15) is 4.98 Å². The summed E-state index contributed by atoms with van der Waals surface area (Å²) in [5.74, 6) is 0.344. The normalized spacial score (nSPS) is 11.5. The lowest BCUT2D eigenvalue weighted by atomic mass is 10.0. The van der Waals surface area contributed by atoms with Gasteiger partial charge in [-0.15, -0.1) is 0 Å². The van der Waals surface area contributed by atoms with E-state index in [1.165, 1.54) is 6.07 Å². The lowest BCUT2D eigenvalue weighted by Gasteiger charge is -2.28. The van der Waals surface area contributed by atoms with Crippen molar-refractivity contribution < 1.29 is 15.3 Å². The Labute approximate surface area is 100 Å². The number of hydrogen-bond donors (Lipinski definition) is 5. The van der Waals surface area contributed by atoms with Gasteiger partial charge in [0.1, 0.15) is 16.0 Å². The van der Waals surface area contributed by atoms with Gasteiger partial charge in [0.25, 0.3) is 0 Å². The van der Waals surface area contributed by atoms with Crippen molar-refractivity contribution in [2.24, 2.45) is 0 Å². The lowest BCUT2D eigenvalue weighted by Crippen LogP contribution is -2.49. The molecule has 0 spiro atoms. The monoisotopic (exact) mass is 292 g/mol. The van der Waals surface area contributed by atoms with Crippen molar-refractivity contribution in [3.8, 4) is 0 Å². The van der Waals surface area contributed by atoms with Crippen molar-refractivity contribution >= 4 is 27.7 Å². The van der Waals surface area contributed by atoms with Crippen LogP contribution in [-0.4, -0.2) is 50.6 Å². The first-order valence-corrected chi connectivity index (χ1v) is 5.25. The molecule has 0 amide bonds. The fourth-order valence-electron chi connectivity index (χ4n) is 0.997. The van der Waals surface area contributed by atoms with E-state index in [2.05, 4.69) is 31.2 Å². The zero-order valence-electron chi connectivity index (χ0n) is 8.39. The molecule has 0 aromatic carbocycles. The molecule has 16 heavy (non-hydrogen) atoms. The molecule has 1 rings (SSSR count). The predicted molar refractivity (Wildman–Crippen MR) is 61.8 cm³/mol. The number of aromatic nitrogens is 2. The van der Waals surface area contributed by atoms with Crippen LogP contribution in [0.5, 0.6) is 0 Å².